The number of hydrogen-bond acceptors (Lipinski definition) is 4. The van der Waals surface area contributed by atoms with E-state index in [2.05, 4.69) is 13.8 Å². The average Bonchev–Trinajstić information content (AvgIpc) is 2.44. The molecule has 0 aromatic rings. The molecule has 2 N–H and O–H groups in total. The van der Waals surface area contributed by atoms with Crippen LogP contribution in [0.2, 0.25) is 0 Å². The molecule has 0 aromatic heterocycles. The van der Waals surface area contributed by atoms with E-state index < -0.39 is 0 Å². The highest BCUT2D eigenvalue weighted by molar-refractivity contribution is 7.98. The molecule has 1 rings (SSSR count). The number of carbonyl (C=O) groups is 1. The van der Waals surface area contributed by atoms with Gasteiger partial charge in [0.15, 0.2) is 0 Å². The second-order valence-corrected chi connectivity index (χ2v) is 6.95. The van der Waals surface area contributed by atoms with Crippen LogP contribution in [0.5, 0.6) is 0 Å². The van der Waals surface area contributed by atoms with Crippen LogP contribution >= 0.6 is 11.8 Å². The molecule has 1 amide bonds. The number of hydrogen-bond donors (Lipinski definition) is 1. The van der Waals surface area contributed by atoms with Crippen molar-refractivity contribution in [1.82, 2.24) is 4.90 Å². The molecule has 4 nitrogen and oxygen atoms in total. The molecule has 118 valence electrons. The molecule has 0 bridgehead atoms. The number of piperidine rings is 1. The van der Waals surface area contributed by atoms with Crippen LogP contribution in [-0.4, -0.2) is 54.7 Å². The van der Waals surface area contributed by atoms with Crippen molar-refractivity contribution < 1.29 is 9.53 Å². The highest BCUT2D eigenvalue weighted by Crippen LogP contribution is 2.16. The fraction of sp³-hybridized carbons (Fsp3) is 0.933. The largest absolute Gasteiger partial charge is 0.378 e. The molecule has 0 aromatic carbocycles. The van der Waals surface area contributed by atoms with E-state index in [0.29, 0.717) is 12.0 Å². The lowest BCUT2D eigenvalue weighted by Crippen LogP contribution is -2.48. The van der Waals surface area contributed by atoms with Crippen molar-refractivity contribution in [2.75, 3.05) is 31.7 Å². The van der Waals surface area contributed by atoms with Gasteiger partial charge in [0.2, 0.25) is 5.91 Å². The maximum atomic E-state index is 12.2. The van der Waals surface area contributed by atoms with E-state index in [-0.39, 0.29) is 11.9 Å². The summed E-state index contributed by atoms with van der Waals surface area (Å²) in [6, 6.07) is -0.333. The fourth-order valence-corrected chi connectivity index (χ4v) is 2.81. The highest BCUT2D eigenvalue weighted by Gasteiger charge is 2.26. The highest BCUT2D eigenvalue weighted by atomic mass is 32.2. The van der Waals surface area contributed by atoms with Gasteiger partial charge in [-0.3, -0.25) is 4.79 Å². The lowest BCUT2D eigenvalue weighted by molar-refractivity contribution is -0.135. The molecule has 1 aliphatic rings. The maximum absolute atomic E-state index is 12.2. The Kier molecular flexibility index (Phi) is 8.57. The van der Waals surface area contributed by atoms with Crippen LogP contribution in [0.3, 0.4) is 0 Å². The monoisotopic (exact) mass is 302 g/mol. The summed E-state index contributed by atoms with van der Waals surface area (Å²) in [6.07, 6.45) is 6.12. The van der Waals surface area contributed by atoms with Gasteiger partial charge in [0.25, 0.3) is 0 Å². The summed E-state index contributed by atoms with van der Waals surface area (Å²) < 4.78 is 5.87. The third-order valence-corrected chi connectivity index (χ3v) is 4.40. The van der Waals surface area contributed by atoms with Gasteiger partial charge >= 0.3 is 0 Å². The van der Waals surface area contributed by atoms with Crippen LogP contribution < -0.4 is 5.73 Å². The first-order chi connectivity index (χ1) is 9.54. The van der Waals surface area contributed by atoms with Crippen molar-refractivity contribution in [3.8, 4) is 0 Å². The summed E-state index contributed by atoms with van der Waals surface area (Å²) >= 11 is 1.73. The Bertz CT molecular complexity index is 279. The molecule has 1 heterocycles. The number of likely N-dealkylation sites (tertiary alicyclic amines) is 1. The van der Waals surface area contributed by atoms with E-state index >= 15 is 0 Å². The smallest absolute Gasteiger partial charge is 0.239 e. The number of thioether (sulfide) groups is 1. The van der Waals surface area contributed by atoms with Gasteiger partial charge in [0.1, 0.15) is 0 Å². The van der Waals surface area contributed by atoms with E-state index in [4.69, 9.17) is 10.5 Å². The minimum atomic E-state index is -0.333. The zero-order valence-corrected chi connectivity index (χ0v) is 14.0. The van der Waals surface area contributed by atoms with Crippen LogP contribution in [0.15, 0.2) is 0 Å². The zero-order chi connectivity index (χ0) is 15.0. The molecule has 1 atom stereocenters. The molecular formula is C15H30N2O2S. The lowest BCUT2D eigenvalue weighted by Gasteiger charge is -2.33. The van der Waals surface area contributed by atoms with E-state index in [1.807, 2.05) is 11.2 Å². The maximum Gasteiger partial charge on any atom is 0.239 e. The molecule has 0 unspecified atom stereocenters. The second-order valence-electron chi connectivity index (χ2n) is 5.97. The normalized spacial score (nSPS) is 18.6. The van der Waals surface area contributed by atoms with E-state index in [1.165, 1.54) is 0 Å². The molecule has 0 radical (unpaired) electrons. The van der Waals surface area contributed by atoms with Gasteiger partial charge in [-0.1, -0.05) is 13.8 Å². The van der Waals surface area contributed by atoms with Crippen molar-refractivity contribution in [2.24, 2.45) is 11.7 Å². The quantitative estimate of drug-likeness (QED) is 0.746. The van der Waals surface area contributed by atoms with Gasteiger partial charge in [-0.15, -0.1) is 0 Å². The topological polar surface area (TPSA) is 55.6 Å². The number of carbonyl (C=O) groups excluding carboxylic acids is 1. The minimum Gasteiger partial charge on any atom is -0.378 e. The Balaban J connectivity index is 2.22. The first kappa shape index (κ1) is 17.8. The molecule has 0 aliphatic carbocycles. The molecule has 1 saturated heterocycles. The number of nitrogens with two attached hydrogens (primary N) is 1. The summed E-state index contributed by atoms with van der Waals surface area (Å²) in [5.41, 5.74) is 5.95. The molecule has 1 aliphatic heterocycles. The number of nitrogens with zero attached hydrogens (tertiary/aromatic N) is 1. The Hall–Kier alpha value is -0.260. The van der Waals surface area contributed by atoms with Crippen molar-refractivity contribution in [2.45, 2.75) is 51.7 Å². The number of ether oxygens (including phenoxy) is 1. The predicted molar refractivity (Wildman–Crippen MR) is 86.0 cm³/mol. The Morgan fingerprint density at radius 3 is 2.55 bits per heavy atom. The number of rotatable bonds is 8. The van der Waals surface area contributed by atoms with Gasteiger partial charge in [-0.05, 0) is 43.6 Å². The van der Waals surface area contributed by atoms with Gasteiger partial charge < -0.3 is 15.4 Å². The van der Waals surface area contributed by atoms with Crippen LogP contribution in [0, 0.1) is 5.92 Å². The Morgan fingerprint density at radius 1 is 1.35 bits per heavy atom. The third-order valence-electron chi connectivity index (χ3n) is 3.75. The molecule has 5 heteroatoms. The van der Waals surface area contributed by atoms with Crippen molar-refractivity contribution in [3.63, 3.8) is 0 Å². The van der Waals surface area contributed by atoms with Crippen molar-refractivity contribution in [1.29, 1.82) is 0 Å². The predicted octanol–water partition coefficient (Wildman–Crippen LogP) is 2.12. The van der Waals surface area contributed by atoms with E-state index in [1.54, 1.807) is 11.8 Å². The van der Waals surface area contributed by atoms with E-state index in [0.717, 1.165) is 51.1 Å². The molecule has 0 spiro atoms. The molecule has 0 saturated carbocycles. The fourth-order valence-electron chi connectivity index (χ4n) is 2.32. The molecular weight excluding hydrogens is 272 g/mol. The summed E-state index contributed by atoms with van der Waals surface area (Å²) in [5, 5.41) is 0. The lowest BCUT2D eigenvalue weighted by atomic mass is 10.1. The van der Waals surface area contributed by atoms with Crippen LogP contribution in [0.25, 0.3) is 0 Å². The number of amides is 1. The first-order valence-electron chi connectivity index (χ1n) is 7.69. The van der Waals surface area contributed by atoms with E-state index in [9.17, 15) is 4.79 Å². The van der Waals surface area contributed by atoms with Gasteiger partial charge in [0.05, 0.1) is 12.1 Å². The average molecular weight is 302 g/mol. The van der Waals surface area contributed by atoms with Gasteiger partial charge in [-0.2, -0.15) is 11.8 Å². The summed E-state index contributed by atoms with van der Waals surface area (Å²) in [6.45, 7) is 6.83. The summed E-state index contributed by atoms with van der Waals surface area (Å²) in [5.74, 6) is 1.74. The van der Waals surface area contributed by atoms with Crippen molar-refractivity contribution >= 4 is 17.7 Å². The standard InChI is InChI=1S/C15H30N2O2S/c1-12(2)6-10-19-13-4-8-17(9-5-13)15(18)14(16)7-11-20-3/h12-14H,4-11,16H2,1-3H3/t14-/m0/s1. The van der Waals surface area contributed by atoms with Crippen LogP contribution in [-0.2, 0) is 9.53 Å². The first-order valence-corrected chi connectivity index (χ1v) is 9.09. The Labute approximate surface area is 127 Å². The summed E-state index contributed by atoms with van der Waals surface area (Å²) in [4.78, 5) is 14.1. The SMILES string of the molecule is CSCC[C@H](N)C(=O)N1CCC(OCCC(C)C)CC1. The van der Waals surface area contributed by atoms with Gasteiger partial charge in [0, 0.05) is 19.7 Å². The second kappa shape index (κ2) is 9.64. The minimum absolute atomic E-state index is 0.111. The van der Waals surface area contributed by atoms with Crippen molar-refractivity contribution in [3.05, 3.63) is 0 Å². The summed E-state index contributed by atoms with van der Waals surface area (Å²) in [7, 11) is 0. The molecule has 20 heavy (non-hydrogen) atoms. The molecule has 1 fully saturated rings. The zero-order valence-electron chi connectivity index (χ0n) is 13.1. The third kappa shape index (κ3) is 6.46. The van der Waals surface area contributed by atoms with Crippen LogP contribution in [0.4, 0.5) is 0 Å². The van der Waals surface area contributed by atoms with Gasteiger partial charge in [-0.25, -0.2) is 0 Å². The Morgan fingerprint density at radius 2 is 2.00 bits per heavy atom. The van der Waals surface area contributed by atoms with Crippen LogP contribution in [0.1, 0.15) is 39.5 Å².